The van der Waals surface area contributed by atoms with Gasteiger partial charge in [0.15, 0.2) is 0 Å². The summed E-state index contributed by atoms with van der Waals surface area (Å²) in [5.41, 5.74) is 2.27. The fraction of sp³-hybridized carbons (Fsp3) is 0.525. The third-order valence-corrected chi connectivity index (χ3v) is 10.9. The van der Waals surface area contributed by atoms with Crippen LogP contribution in [0.2, 0.25) is 0 Å². The number of piperidine rings is 1. The van der Waals surface area contributed by atoms with Crippen LogP contribution in [-0.2, 0) is 39.9 Å². The minimum absolute atomic E-state index is 0.0451. The van der Waals surface area contributed by atoms with E-state index in [2.05, 4.69) is 21.3 Å². The van der Waals surface area contributed by atoms with E-state index in [0.717, 1.165) is 11.1 Å². The number of nitrogens with one attached hydrogen (secondary N) is 4. The summed E-state index contributed by atoms with van der Waals surface area (Å²) in [6.45, 7) is 5.61. The van der Waals surface area contributed by atoms with E-state index >= 15 is 0 Å². The highest BCUT2D eigenvalue weighted by Gasteiger charge is 2.46. The van der Waals surface area contributed by atoms with Crippen LogP contribution in [0.3, 0.4) is 0 Å². The second kappa shape index (κ2) is 17.3. The monoisotopic (exact) mass is 757 g/mol. The van der Waals surface area contributed by atoms with Crippen LogP contribution in [0.15, 0.2) is 54.6 Å². The van der Waals surface area contributed by atoms with E-state index in [0.29, 0.717) is 50.8 Å². The Morgan fingerprint density at radius 3 is 2.25 bits per heavy atom. The smallest absolute Gasteiger partial charge is 0.328 e. The first-order valence-corrected chi connectivity index (χ1v) is 19.3. The number of carbonyl (C=O) groups is 7. The van der Waals surface area contributed by atoms with Crippen LogP contribution in [0.5, 0.6) is 0 Å². The predicted octanol–water partition coefficient (Wildman–Crippen LogP) is 1.88. The second-order valence-electron chi connectivity index (χ2n) is 15.2. The van der Waals surface area contributed by atoms with E-state index in [4.69, 9.17) is 4.74 Å². The van der Waals surface area contributed by atoms with Crippen LogP contribution in [0.1, 0.15) is 63.5 Å². The standard InChI is InChI=1S/C40H51N7O8/c1-24-14-16-28(17-15-24)42-40(54)44-29(21-27-10-5-4-6-11-27)34(48)43-30-23-55-39(53)33-20-25(2)22-47(33)36(50)26(3)41-35(49)31-12-7-8-18-45(31)38(52)32-13-9-19-46(32)37(30)51/h4-6,10-11,14-17,25-26,29-33H,7-9,12-13,18-23H2,1-3H3,(H,41,49)(H,43,48)(H2,42,44,54)/t25-,26-,29-,30-,31?,32?,33?/m0/s1. The summed E-state index contributed by atoms with van der Waals surface area (Å²) >= 11 is 0. The van der Waals surface area contributed by atoms with Gasteiger partial charge in [-0.15, -0.1) is 0 Å². The number of esters is 1. The van der Waals surface area contributed by atoms with E-state index in [1.807, 2.05) is 44.2 Å². The summed E-state index contributed by atoms with van der Waals surface area (Å²) in [7, 11) is 0. The topological polar surface area (TPSA) is 187 Å². The number of carbonyl (C=O) groups excluding carboxylic acids is 7. The first-order chi connectivity index (χ1) is 26.4. The molecule has 15 heteroatoms. The lowest BCUT2D eigenvalue weighted by Crippen LogP contribution is -2.62. The lowest BCUT2D eigenvalue weighted by molar-refractivity contribution is -0.158. The molecule has 15 nitrogen and oxygen atoms in total. The Morgan fingerprint density at radius 2 is 1.51 bits per heavy atom. The molecular weight excluding hydrogens is 706 g/mol. The molecule has 7 amide bonds. The summed E-state index contributed by atoms with van der Waals surface area (Å²) in [6.07, 6.45) is 3.04. The van der Waals surface area contributed by atoms with Gasteiger partial charge in [0.1, 0.15) is 42.9 Å². The molecule has 294 valence electrons. The Balaban J connectivity index is 1.29. The van der Waals surface area contributed by atoms with Gasteiger partial charge in [-0.1, -0.05) is 55.0 Å². The van der Waals surface area contributed by atoms with Crippen LogP contribution >= 0.6 is 0 Å². The van der Waals surface area contributed by atoms with Crippen molar-refractivity contribution < 1.29 is 38.3 Å². The van der Waals surface area contributed by atoms with Gasteiger partial charge in [-0.05, 0) is 76.0 Å². The van der Waals surface area contributed by atoms with Crippen molar-refractivity contribution in [2.45, 2.75) is 102 Å². The number of hydrogen-bond acceptors (Lipinski definition) is 8. The minimum Gasteiger partial charge on any atom is -0.461 e. The molecule has 2 aromatic carbocycles. The number of benzene rings is 2. The van der Waals surface area contributed by atoms with Crippen molar-refractivity contribution in [1.29, 1.82) is 0 Å². The number of ether oxygens (including phenoxy) is 1. The highest BCUT2D eigenvalue weighted by atomic mass is 16.5. The average Bonchev–Trinajstić information content (AvgIpc) is 3.83. The second-order valence-corrected chi connectivity index (χ2v) is 15.2. The number of nitrogens with zero attached hydrogens (tertiary/aromatic N) is 3. The van der Waals surface area contributed by atoms with Crippen LogP contribution in [0.25, 0.3) is 0 Å². The third-order valence-electron chi connectivity index (χ3n) is 10.9. The van der Waals surface area contributed by atoms with Crippen LogP contribution in [-0.4, -0.2) is 119 Å². The number of anilines is 1. The zero-order chi connectivity index (χ0) is 39.2. The van der Waals surface area contributed by atoms with Crippen molar-refractivity contribution in [3.63, 3.8) is 0 Å². The molecule has 4 saturated heterocycles. The van der Waals surface area contributed by atoms with Crippen molar-refractivity contribution in [2.24, 2.45) is 5.92 Å². The van der Waals surface area contributed by atoms with Crippen molar-refractivity contribution in [3.8, 4) is 0 Å². The Labute approximate surface area is 320 Å². The van der Waals surface area contributed by atoms with Gasteiger partial charge in [-0.3, -0.25) is 24.0 Å². The summed E-state index contributed by atoms with van der Waals surface area (Å²) < 4.78 is 5.75. The molecule has 7 atom stereocenters. The first kappa shape index (κ1) is 39.2. The Morgan fingerprint density at radius 1 is 0.818 bits per heavy atom. The predicted molar refractivity (Wildman–Crippen MR) is 201 cm³/mol. The largest absolute Gasteiger partial charge is 0.461 e. The number of amides is 7. The fourth-order valence-electron chi connectivity index (χ4n) is 8.01. The molecule has 4 aliphatic heterocycles. The molecule has 0 spiro atoms. The molecule has 3 unspecified atom stereocenters. The molecule has 2 aromatic rings. The van der Waals surface area contributed by atoms with E-state index in [9.17, 15) is 33.6 Å². The third kappa shape index (κ3) is 9.26. The van der Waals surface area contributed by atoms with Gasteiger partial charge in [0.05, 0.1) is 0 Å². The molecule has 4 fully saturated rings. The lowest BCUT2D eigenvalue weighted by atomic mass is 9.99. The number of fused-ring (bicyclic) bond motifs is 3. The van der Waals surface area contributed by atoms with Gasteiger partial charge < -0.3 is 40.7 Å². The number of aryl methyl sites for hydroxylation is 1. The maximum atomic E-state index is 14.5. The van der Waals surface area contributed by atoms with Gasteiger partial charge in [-0.25, -0.2) is 9.59 Å². The van der Waals surface area contributed by atoms with E-state index in [1.54, 1.807) is 31.2 Å². The SMILES string of the molecule is Cc1ccc(NC(=O)N[C@@H](Cc2ccccc2)C(=O)N[C@H]2COC(=O)C3C[C@H](C)CN3C(=O)[C@H](C)NC(=O)C3CCCCN3C(=O)C3CCCN3C2=O)cc1. The van der Waals surface area contributed by atoms with Crippen LogP contribution < -0.4 is 21.3 Å². The zero-order valence-corrected chi connectivity index (χ0v) is 31.6. The molecule has 4 heterocycles. The summed E-state index contributed by atoms with van der Waals surface area (Å²) in [5.74, 6) is -3.44. The lowest BCUT2D eigenvalue weighted by Gasteiger charge is -2.39. The Bertz CT molecular complexity index is 1770. The number of urea groups is 1. The normalized spacial score (nSPS) is 27.0. The molecule has 4 N–H and O–H groups in total. The summed E-state index contributed by atoms with van der Waals surface area (Å²) in [6, 6.07) is 9.31. The van der Waals surface area contributed by atoms with E-state index in [-0.39, 0.29) is 31.3 Å². The van der Waals surface area contributed by atoms with Gasteiger partial charge in [-0.2, -0.15) is 0 Å². The molecular formula is C40H51N7O8. The van der Waals surface area contributed by atoms with E-state index < -0.39 is 78.5 Å². The number of hydrogen-bond donors (Lipinski definition) is 4. The van der Waals surface area contributed by atoms with Gasteiger partial charge in [0, 0.05) is 31.7 Å². The molecule has 0 bridgehead atoms. The average molecular weight is 758 g/mol. The van der Waals surface area contributed by atoms with Crippen LogP contribution in [0.4, 0.5) is 10.5 Å². The molecule has 0 radical (unpaired) electrons. The Hall–Kier alpha value is -5.47. The summed E-state index contributed by atoms with van der Waals surface area (Å²) in [5, 5.41) is 11.0. The first-order valence-electron chi connectivity index (χ1n) is 19.3. The summed E-state index contributed by atoms with van der Waals surface area (Å²) in [4.78, 5) is 101. The number of cyclic esters (lactones) is 1. The molecule has 4 aliphatic rings. The van der Waals surface area contributed by atoms with Gasteiger partial charge >= 0.3 is 12.0 Å². The van der Waals surface area contributed by atoms with Crippen molar-refractivity contribution in [2.75, 3.05) is 31.6 Å². The van der Waals surface area contributed by atoms with Crippen molar-refractivity contribution in [1.82, 2.24) is 30.7 Å². The van der Waals surface area contributed by atoms with E-state index in [1.165, 1.54) is 14.7 Å². The van der Waals surface area contributed by atoms with Gasteiger partial charge in [0.25, 0.3) is 0 Å². The maximum Gasteiger partial charge on any atom is 0.328 e. The highest BCUT2D eigenvalue weighted by molar-refractivity contribution is 5.98. The highest BCUT2D eigenvalue weighted by Crippen LogP contribution is 2.28. The van der Waals surface area contributed by atoms with Crippen molar-refractivity contribution in [3.05, 3.63) is 65.7 Å². The number of rotatable bonds is 6. The minimum atomic E-state index is -1.43. The molecule has 6 rings (SSSR count). The maximum absolute atomic E-state index is 14.5. The Kier molecular flexibility index (Phi) is 12.4. The zero-order valence-electron chi connectivity index (χ0n) is 31.6. The molecule has 55 heavy (non-hydrogen) atoms. The van der Waals surface area contributed by atoms with Crippen molar-refractivity contribution >= 4 is 47.2 Å². The molecule has 0 saturated carbocycles. The fourth-order valence-corrected chi connectivity index (χ4v) is 8.01. The molecule has 0 aliphatic carbocycles. The van der Waals surface area contributed by atoms with Gasteiger partial charge in [0.2, 0.25) is 29.5 Å². The quantitative estimate of drug-likeness (QED) is 0.322. The van der Waals surface area contributed by atoms with Crippen LogP contribution in [0, 0.1) is 12.8 Å². The molecule has 0 aromatic heterocycles.